The van der Waals surface area contributed by atoms with Crippen molar-refractivity contribution in [1.82, 2.24) is 4.98 Å². The van der Waals surface area contributed by atoms with Gasteiger partial charge >= 0.3 is 0 Å². The van der Waals surface area contributed by atoms with Gasteiger partial charge in [-0.25, -0.2) is 4.98 Å². The van der Waals surface area contributed by atoms with Gasteiger partial charge < -0.3 is 15.7 Å². The van der Waals surface area contributed by atoms with E-state index in [0.29, 0.717) is 23.6 Å². The van der Waals surface area contributed by atoms with E-state index in [2.05, 4.69) is 15.6 Å². The zero-order valence-electron chi connectivity index (χ0n) is 10.3. The van der Waals surface area contributed by atoms with Crippen LogP contribution in [0.4, 0.5) is 11.5 Å². The van der Waals surface area contributed by atoms with E-state index in [4.69, 9.17) is 5.11 Å². The highest BCUT2D eigenvalue weighted by atomic mass is 16.3. The average molecular weight is 257 g/mol. The minimum atomic E-state index is -0.168. The number of benzene rings is 1. The van der Waals surface area contributed by atoms with Gasteiger partial charge in [0.1, 0.15) is 5.82 Å². The second-order valence-corrected chi connectivity index (χ2v) is 3.90. The second-order valence-electron chi connectivity index (χ2n) is 3.90. The monoisotopic (exact) mass is 257 g/mol. The van der Waals surface area contributed by atoms with Crippen LogP contribution in [0.5, 0.6) is 0 Å². The minimum Gasteiger partial charge on any atom is -0.395 e. The standard InChI is InChI=1S/C14H15N3O2/c18-9-8-15-13-7-6-12(10-16-13)17-14(19)11-4-2-1-3-5-11/h1-7,10,18H,8-9H2,(H,15,16)(H,17,19). The van der Waals surface area contributed by atoms with Gasteiger partial charge in [0.2, 0.25) is 0 Å². The number of amides is 1. The summed E-state index contributed by atoms with van der Waals surface area (Å²) < 4.78 is 0. The highest BCUT2D eigenvalue weighted by Crippen LogP contribution is 2.11. The number of anilines is 2. The topological polar surface area (TPSA) is 74.2 Å². The SMILES string of the molecule is O=C(Nc1ccc(NCCO)nc1)c1ccccc1. The van der Waals surface area contributed by atoms with Crippen LogP contribution < -0.4 is 10.6 Å². The van der Waals surface area contributed by atoms with E-state index in [1.54, 1.807) is 30.5 Å². The van der Waals surface area contributed by atoms with E-state index in [-0.39, 0.29) is 12.5 Å². The van der Waals surface area contributed by atoms with Crippen molar-refractivity contribution in [2.45, 2.75) is 0 Å². The molecule has 0 atom stereocenters. The van der Waals surface area contributed by atoms with Gasteiger partial charge in [-0.15, -0.1) is 0 Å². The van der Waals surface area contributed by atoms with Crippen LogP contribution >= 0.6 is 0 Å². The van der Waals surface area contributed by atoms with Crippen LogP contribution in [-0.2, 0) is 0 Å². The number of carbonyl (C=O) groups excluding carboxylic acids is 1. The molecule has 19 heavy (non-hydrogen) atoms. The molecule has 1 aromatic heterocycles. The number of nitrogens with one attached hydrogen (secondary N) is 2. The van der Waals surface area contributed by atoms with Crippen LogP contribution in [0.1, 0.15) is 10.4 Å². The van der Waals surface area contributed by atoms with Gasteiger partial charge in [-0.05, 0) is 24.3 Å². The first-order valence-electron chi connectivity index (χ1n) is 5.97. The van der Waals surface area contributed by atoms with Crippen molar-refractivity contribution >= 4 is 17.4 Å². The molecule has 0 unspecified atom stereocenters. The van der Waals surface area contributed by atoms with Crippen molar-refractivity contribution in [2.75, 3.05) is 23.8 Å². The highest BCUT2D eigenvalue weighted by molar-refractivity contribution is 6.04. The summed E-state index contributed by atoms with van der Waals surface area (Å²) >= 11 is 0. The molecule has 2 aromatic rings. The molecular weight excluding hydrogens is 242 g/mol. The molecule has 2 rings (SSSR count). The second kappa shape index (κ2) is 6.51. The van der Waals surface area contributed by atoms with E-state index in [9.17, 15) is 4.79 Å². The van der Waals surface area contributed by atoms with Crippen molar-refractivity contribution in [3.63, 3.8) is 0 Å². The molecule has 0 radical (unpaired) electrons. The smallest absolute Gasteiger partial charge is 0.255 e. The highest BCUT2D eigenvalue weighted by Gasteiger charge is 2.05. The van der Waals surface area contributed by atoms with Crippen molar-refractivity contribution in [1.29, 1.82) is 0 Å². The lowest BCUT2D eigenvalue weighted by Crippen LogP contribution is -2.12. The van der Waals surface area contributed by atoms with E-state index in [1.807, 2.05) is 18.2 Å². The summed E-state index contributed by atoms with van der Waals surface area (Å²) in [6, 6.07) is 12.5. The largest absolute Gasteiger partial charge is 0.395 e. The Morgan fingerprint density at radius 2 is 1.95 bits per heavy atom. The Morgan fingerprint density at radius 3 is 2.58 bits per heavy atom. The third kappa shape index (κ3) is 3.79. The molecule has 0 saturated heterocycles. The number of hydrogen-bond donors (Lipinski definition) is 3. The van der Waals surface area contributed by atoms with Gasteiger partial charge in [0.25, 0.3) is 5.91 Å². The Hall–Kier alpha value is -2.40. The maximum absolute atomic E-state index is 11.9. The molecule has 0 aliphatic rings. The minimum absolute atomic E-state index is 0.0498. The molecule has 1 amide bonds. The van der Waals surface area contributed by atoms with E-state index < -0.39 is 0 Å². The molecular formula is C14H15N3O2. The number of aliphatic hydroxyl groups excluding tert-OH is 1. The number of nitrogens with zero attached hydrogens (tertiary/aromatic N) is 1. The molecule has 0 aliphatic heterocycles. The summed E-state index contributed by atoms with van der Waals surface area (Å²) in [5, 5.41) is 14.4. The third-order valence-corrected chi connectivity index (χ3v) is 2.48. The van der Waals surface area contributed by atoms with Gasteiger partial charge in [-0.3, -0.25) is 4.79 Å². The predicted molar refractivity (Wildman–Crippen MR) is 74.2 cm³/mol. The van der Waals surface area contributed by atoms with Crippen molar-refractivity contribution in [3.05, 3.63) is 54.2 Å². The van der Waals surface area contributed by atoms with Gasteiger partial charge in [0, 0.05) is 12.1 Å². The molecule has 5 nitrogen and oxygen atoms in total. The summed E-state index contributed by atoms with van der Waals surface area (Å²) in [5.74, 6) is 0.491. The molecule has 98 valence electrons. The summed E-state index contributed by atoms with van der Waals surface area (Å²) in [4.78, 5) is 16.0. The summed E-state index contributed by atoms with van der Waals surface area (Å²) in [7, 11) is 0. The molecule has 1 aromatic carbocycles. The van der Waals surface area contributed by atoms with Crippen molar-refractivity contribution < 1.29 is 9.90 Å². The lowest BCUT2D eigenvalue weighted by Gasteiger charge is -2.07. The number of pyridine rings is 1. The number of rotatable bonds is 5. The Bertz CT molecular complexity index is 526. The average Bonchev–Trinajstić information content (AvgIpc) is 2.47. The number of aromatic nitrogens is 1. The summed E-state index contributed by atoms with van der Waals surface area (Å²) in [6.45, 7) is 0.497. The van der Waals surface area contributed by atoms with E-state index in [1.165, 1.54) is 0 Å². The maximum atomic E-state index is 11.9. The summed E-state index contributed by atoms with van der Waals surface area (Å²) in [5.41, 5.74) is 1.23. The van der Waals surface area contributed by atoms with Crippen LogP contribution in [0.25, 0.3) is 0 Å². The molecule has 5 heteroatoms. The Labute approximate surface area is 111 Å². The lowest BCUT2D eigenvalue weighted by molar-refractivity contribution is 0.102. The third-order valence-electron chi connectivity index (χ3n) is 2.48. The zero-order chi connectivity index (χ0) is 13.5. The van der Waals surface area contributed by atoms with Crippen LogP contribution in [0.15, 0.2) is 48.7 Å². The molecule has 0 aliphatic carbocycles. The van der Waals surface area contributed by atoms with Gasteiger partial charge in [-0.1, -0.05) is 18.2 Å². The van der Waals surface area contributed by atoms with Crippen LogP contribution in [0, 0.1) is 0 Å². The van der Waals surface area contributed by atoms with Gasteiger partial charge in [0.05, 0.1) is 18.5 Å². The van der Waals surface area contributed by atoms with Crippen molar-refractivity contribution in [2.24, 2.45) is 0 Å². The van der Waals surface area contributed by atoms with Crippen LogP contribution in [0.3, 0.4) is 0 Å². The molecule has 1 heterocycles. The van der Waals surface area contributed by atoms with Gasteiger partial charge in [0.15, 0.2) is 0 Å². The predicted octanol–water partition coefficient (Wildman–Crippen LogP) is 1.74. The van der Waals surface area contributed by atoms with Crippen molar-refractivity contribution in [3.8, 4) is 0 Å². The zero-order valence-corrected chi connectivity index (χ0v) is 10.3. The van der Waals surface area contributed by atoms with Gasteiger partial charge in [-0.2, -0.15) is 0 Å². The van der Waals surface area contributed by atoms with Crippen LogP contribution in [0.2, 0.25) is 0 Å². The van der Waals surface area contributed by atoms with E-state index >= 15 is 0 Å². The number of aliphatic hydroxyl groups is 1. The number of hydrogen-bond acceptors (Lipinski definition) is 4. The fraction of sp³-hybridized carbons (Fsp3) is 0.143. The Balaban J connectivity index is 1.98. The fourth-order valence-corrected chi connectivity index (χ4v) is 1.55. The molecule has 0 fully saturated rings. The molecule has 0 bridgehead atoms. The first kappa shape index (κ1) is 13.0. The Kier molecular flexibility index (Phi) is 4.47. The maximum Gasteiger partial charge on any atom is 0.255 e. The number of carbonyl (C=O) groups is 1. The first-order chi connectivity index (χ1) is 9.29. The normalized spacial score (nSPS) is 9.95. The lowest BCUT2D eigenvalue weighted by atomic mass is 10.2. The van der Waals surface area contributed by atoms with Crippen LogP contribution in [-0.4, -0.2) is 29.1 Å². The first-order valence-corrected chi connectivity index (χ1v) is 5.97. The quantitative estimate of drug-likeness (QED) is 0.762. The summed E-state index contributed by atoms with van der Waals surface area (Å²) in [6.07, 6.45) is 1.57. The fourth-order valence-electron chi connectivity index (χ4n) is 1.55. The molecule has 3 N–H and O–H groups in total. The Morgan fingerprint density at radius 1 is 1.16 bits per heavy atom. The van der Waals surface area contributed by atoms with E-state index in [0.717, 1.165) is 0 Å². The molecule has 0 saturated carbocycles. The molecule has 0 spiro atoms.